The molecule has 2 aliphatic rings. The summed E-state index contributed by atoms with van der Waals surface area (Å²) in [6.45, 7) is 1.31. The van der Waals surface area contributed by atoms with Gasteiger partial charge < -0.3 is 14.2 Å². The van der Waals surface area contributed by atoms with E-state index in [4.69, 9.17) is 9.26 Å². The Morgan fingerprint density at radius 2 is 2.12 bits per heavy atom. The van der Waals surface area contributed by atoms with Crippen LogP contribution in [0.2, 0.25) is 0 Å². The van der Waals surface area contributed by atoms with E-state index in [1.54, 1.807) is 4.90 Å². The number of carbonyl (C=O) groups is 1. The highest BCUT2D eigenvalue weighted by atomic mass is 16.5. The van der Waals surface area contributed by atoms with Gasteiger partial charge in [0, 0.05) is 36.5 Å². The molecule has 1 aliphatic heterocycles. The van der Waals surface area contributed by atoms with Crippen molar-refractivity contribution in [1.82, 2.24) is 20.0 Å². The van der Waals surface area contributed by atoms with Gasteiger partial charge in [-0.05, 0) is 50.2 Å². The first-order valence-electron chi connectivity index (χ1n) is 8.84. The molecule has 1 saturated heterocycles. The summed E-state index contributed by atoms with van der Waals surface area (Å²) >= 11 is 0. The smallest absolute Gasteiger partial charge is 0.409 e. The van der Waals surface area contributed by atoms with E-state index < -0.39 is 0 Å². The lowest BCUT2D eigenvalue weighted by atomic mass is 9.96. The second-order valence-electron chi connectivity index (χ2n) is 6.87. The van der Waals surface area contributed by atoms with Gasteiger partial charge in [-0.15, -0.1) is 0 Å². The molecule has 1 saturated carbocycles. The van der Waals surface area contributed by atoms with Crippen LogP contribution in [-0.4, -0.2) is 46.3 Å². The van der Waals surface area contributed by atoms with Gasteiger partial charge in [0.2, 0.25) is 0 Å². The van der Waals surface area contributed by atoms with Gasteiger partial charge in [-0.2, -0.15) is 4.98 Å². The molecule has 0 radical (unpaired) electrons. The van der Waals surface area contributed by atoms with Crippen LogP contribution in [0.15, 0.2) is 22.9 Å². The average molecular weight is 342 g/mol. The third kappa shape index (κ3) is 3.65. The first-order valence-corrected chi connectivity index (χ1v) is 8.84. The van der Waals surface area contributed by atoms with Crippen molar-refractivity contribution in [1.29, 1.82) is 0 Å². The summed E-state index contributed by atoms with van der Waals surface area (Å²) in [7, 11) is 1.41. The van der Waals surface area contributed by atoms with Crippen LogP contribution in [0.4, 0.5) is 4.79 Å². The van der Waals surface area contributed by atoms with Gasteiger partial charge in [-0.25, -0.2) is 4.79 Å². The summed E-state index contributed by atoms with van der Waals surface area (Å²) in [5.74, 6) is 2.28. The average Bonchev–Trinajstić information content (AvgIpc) is 3.33. The molecular weight excluding hydrogens is 320 g/mol. The molecule has 1 aliphatic carbocycles. The Bertz CT molecular complexity index is 748. The molecule has 0 N–H and O–H groups in total. The number of likely N-dealkylation sites (tertiary alicyclic amines) is 1. The first kappa shape index (κ1) is 16.1. The second kappa shape index (κ2) is 6.82. The highest BCUT2D eigenvalue weighted by molar-refractivity contribution is 5.67. The molecule has 0 spiro atoms. The van der Waals surface area contributed by atoms with Gasteiger partial charge in [0.15, 0.2) is 5.82 Å². The monoisotopic (exact) mass is 342 g/mol. The zero-order valence-electron chi connectivity index (χ0n) is 14.4. The van der Waals surface area contributed by atoms with Crippen LogP contribution in [0.3, 0.4) is 0 Å². The van der Waals surface area contributed by atoms with Gasteiger partial charge in [0.1, 0.15) is 0 Å². The van der Waals surface area contributed by atoms with Crippen molar-refractivity contribution >= 4 is 6.09 Å². The summed E-state index contributed by atoms with van der Waals surface area (Å²) in [5.41, 5.74) is 2.02. The Labute approximate surface area is 146 Å². The van der Waals surface area contributed by atoms with Gasteiger partial charge in [0.25, 0.3) is 5.89 Å². The fourth-order valence-corrected chi connectivity index (χ4v) is 3.31. The largest absolute Gasteiger partial charge is 0.453 e. The van der Waals surface area contributed by atoms with E-state index in [2.05, 4.69) is 21.2 Å². The summed E-state index contributed by atoms with van der Waals surface area (Å²) in [6, 6.07) is 3.96. The van der Waals surface area contributed by atoms with E-state index in [0.29, 0.717) is 19.0 Å². The summed E-state index contributed by atoms with van der Waals surface area (Å²) < 4.78 is 10.2. The maximum atomic E-state index is 11.6. The molecule has 2 aromatic heterocycles. The molecule has 1 amide bonds. The van der Waals surface area contributed by atoms with E-state index in [-0.39, 0.29) is 12.0 Å². The van der Waals surface area contributed by atoms with Crippen LogP contribution in [0.25, 0.3) is 11.5 Å². The van der Waals surface area contributed by atoms with E-state index in [9.17, 15) is 4.79 Å². The summed E-state index contributed by atoms with van der Waals surface area (Å²) in [4.78, 5) is 22.3. The SMILES string of the molecule is COC(=O)N1CCC(c2noc(-c3ccnc(CC4CC4)c3)n2)CC1. The molecule has 25 heavy (non-hydrogen) atoms. The molecule has 2 fully saturated rings. The number of aromatic nitrogens is 3. The van der Waals surface area contributed by atoms with Crippen LogP contribution in [0, 0.1) is 5.92 Å². The molecule has 0 unspecified atom stereocenters. The number of carbonyl (C=O) groups excluding carboxylic acids is 1. The maximum absolute atomic E-state index is 11.6. The van der Waals surface area contributed by atoms with Crippen LogP contribution in [-0.2, 0) is 11.2 Å². The third-order valence-electron chi connectivity index (χ3n) is 4.99. The number of methoxy groups -OCH3 is 1. The minimum absolute atomic E-state index is 0.214. The zero-order valence-corrected chi connectivity index (χ0v) is 14.4. The quantitative estimate of drug-likeness (QED) is 0.849. The van der Waals surface area contributed by atoms with Crippen molar-refractivity contribution < 1.29 is 14.1 Å². The Morgan fingerprint density at radius 3 is 2.84 bits per heavy atom. The minimum atomic E-state index is -0.271. The van der Waals surface area contributed by atoms with E-state index >= 15 is 0 Å². The fourth-order valence-electron chi connectivity index (χ4n) is 3.31. The van der Waals surface area contributed by atoms with Crippen molar-refractivity contribution in [2.75, 3.05) is 20.2 Å². The lowest BCUT2D eigenvalue weighted by molar-refractivity contribution is 0.111. The fraction of sp³-hybridized carbons (Fsp3) is 0.556. The third-order valence-corrected chi connectivity index (χ3v) is 4.99. The molecule has 0 bridgehead atoms. The molecule has 132 valence electrons. The molecule has 7 nitrogen and oxygen atoms in total. The number of amides is 1. The molecule has 0 atom stereocenters. The number of nitrogens with zero attached hydrogens (tertiary/aromatic N) is 4. The molecule has 7 heteroatoms. The number of hydrogen-bond acceptors (Lipinski definition) is 6. The molecule has 0 aromatic carbocycles. The van der Waals surface area contributed by atoms with Crippen molar-refractivity contribution in [3.63, 3.8) is 0 Å². The lowest BCUT2D eigenvalue weighted by Gasteiger charge is -2.29. The van der Waals surface area contributed by atoms with Gasteiger partial charge in [0.05, 0.1) is 7.11 Å². The Kier molecular flexibility index (Phi) is 4.38. The molecular formula is C18H22N4O3. The van der Waals surface area contributed by atoms with Crippen molar-refractivity contribution in [2.24, 2.45) is 5.92 Å². The Hall–Kier alpha value is -2.44. The highest BCUT2D eigenvalue weighted by Gasteiger charge is 2.28. The number of rotatable bonds is 4. The lowest BCUT2D eigenvalue weighted by Crippen LogP contribution is -2.37. The topological polar surface area (TPSA) is 81.4 Å². The van der Waals surface area contributed by atoms with E-state index in [1.165, 1.54) is 20.0 Å². The van der Waals surface area contributed by atoms with Crippen LogP contribution >= 0.6 is 0 Å². The van der Waals surface area contributed by atoms with Crippen LogP contribution in [0.1, 0.15) is 43.1 Å². The van der Waals surface area contributed by atoms with E-state index in [1.807, 2.05) is 12.3 Å². The Morgan fingerprint density at radius 1 is 1.32 bits per heavy atom. The maximum Gasteiger partial charge on any atom is 0.409 e. The number of pyridine rings is 1. The zero-order chi connectivity index (χ0) is 17.2. The van der Waals surface area contributed by atoms with Crippen LogP contribution < -0.4 is 0 Å². The molecule has 3 heterocycles. The number of hydrogen-bond donors (Lipinski definition) is 0. The normalized spacial score (nSPS) is 18.4. The van der Waals surface area contributed by atoms with Crippen LogP contribution in [0.5, 0.6) is 0 Å². The predicted molar refractivity (Wildman–Crippen MR) is 89.9 cm³/mol. The second-order valence-corrected chi connectivity index (χ2v) is 6.87. The summed E-state index contributed by atoms with van der Waals surface area (Å²) in [6.07, 6.45) is 6.82. The van der Waals surface area contributed by atoms with Crippen molar-refractivity contribution in [3.05, 3.63) is 29.8 Å². The van der Waals surface area contributed by atoms with Gasteiger partial charge in [-0.3, -0.25) is 4.98 Å². The highest BCUT2D eigenvalue weighted by Crippen LogP contribution is 2.33. The molecule has 2 aromatic rings. The standard InChI is InChI=1S/C18H22N4O3/c1-24-18(23)22-8-5-13(6-9-22)16-20-17(25-21-16)14-4-7-19-15(11-14)10-12-2-3-12/h4,7,11-13H,2-3,5-6,8-10H2,1H3. The minimum Gasteiger partial charge on any atom is -0.453 e. The van der Waals surface area contributed by atoms with Crippen molar-refractivity contribution in [3.8, 4) is 11.5 Å². The predicted octanol–water partition coefficient (Wildman–Crippen LogP) is 3.03. The number of piperidine rings is 1. The van der Waals surface area contributed by atoms with E-state index in [0.717, 1.165) is 42.3 Å². The molecule has 4 rings (SSSR count). The first-order chi connectivity index (χ1) is 12.2. The number of ether oxygens (including phenoxy) is 1. The van der Waals surface area contributed by atoms with Gasteiger partial charge in [-0.1, -0.05) is 5.16 Å². The summed E-state index contributed by atoms with van der Waals surface area (Å²) in [5, 5.41) is 4.17. The van der Waals surface area contributed by atoms with Crippen molar-refractivity contribution in [2.45, 2.75) is 38.0 Å². The van der Waals surface area contributed by atoms with Gasteiger partial charge >= 0.3 is 6.09 Å². The Balaban J connectivity index is 1.43.